The number of H-pyrrole nitrogens is 1. The molecule has 8 heteroatoms. The third-order valence-corrected chi connectivity index (χ3v) is 5.39. The number of methoxy groups -OCH3 is 1. The van der Waals surface area contributed by atoms with E-state index in [1.807, 2.05) is 0 Å². The molecular weight excluding hydrogens is 374 g/mol. The van der Waals surface area contributed by atoms with Gasteiger partial charge >= 0.3 is 5.97 Å². The number of carbonyl (C=O) groups excluding carboxylic acids is 2. The van der Waals surface area contributed by atoms with Crippen LogP contribution < -0.4 is 15.2 Å². The summed E-state index contributed by atoms with van der Waals surface area (Å²) >= 11 is 0. The SMILES string of the molecule is C=CCN1C(=O)C2(c3ccccc31)c1c(cc(C)[nH]c1=O)OC(=N)C2C(=O)OC. The number of hydrogen-bond acceptors (Lipinski definition) is 6. The number of para-hydroxylation sites is 1. The minimum absolute atomic E-state index is 0.00138. The number of benzene rings is 1. The average Bonchev–Trinajstić information content (AvgIpc) is 2.91. The van der Waals surface area contributed by atoms with E-state index >= 15 is 0 Å². The van der Waals surface area contributed by atoms with Gasteiger partial charge in [0, 0.05) is 24.0 Å². The Labute approximate surface area is 166 Å². The lowest BCUT2D eigenvalue weighted by Gasteiger charge is -2.39. The first-order valence-electron chi connectivity index (χ1n) is 8.98. The standard InChI is InChI=1S/C21H19N3O5/c1-4-9-24-13-8-6-5-7-12(13)21(20(24)27)15-14(10-11(2)23-18(15)25)29-17(22)16(21)19(26)28-3/h4-8,10,16,22H,1,9H2,2-3H3,(H,23,25). The van der Waals surface area contributed by atoms with Crippen LogP contribution in [-0.4, -0.2) is 36.4 Å². The number of aromatic amines is 1. The summed E-state index contributed by atoms with van der Waals surface area (Å²) in [5.74, 6) is -3.13. The Hall–Kier alpha value is -3.68. The van der Waals surface area contributed by atoms with Crippen LogP contribution in [0.2, 0.25) is 0 Å². The van der Waals surface area contributed by atoms with Gasteiger partial charge in [-0.3, -0.25) is 19.8 Å². The largest absolute Gasteiger partial charge is 0.468 e. The quantitative estimate of drug-likeness (QED) is 0.608. The monoisotopic (exact) mass is 393 g/mol. The van der Waals surface area contributed by atoms with Crippen molar-refractivity contribution in [3.63, 3.8) is 0 Å². The highest BCUT2D eigenvalue weighted by molar-refractivity contribution is 6.18. The number of rotatable bonds is 3. The first-order valence-corrected chi connectivity index (χ1v) is 8.98. The van der Waals surface area contributed by atoms with Crippen LogP contribution >= 0.6 is 0 Å². The molecule has 0 saturated heterocycles. The molecule has 0 aliphatic carbocycles. The number of nitrogens with zero attached hydrogens (tertiary/aromatic N) is 1. The third-order valence-electron chi connectivity index (χ3n) is 5.39. The molecule has 0 fully saturated rings. The molecule has 1 aromatic carbocycles. The van der Waals surface area contributed by atoms with Crippen LogP contribution in [-0.2, 0) is 19.7 Å². The first-order chi connectivity index (χ1) is 13.9. The number of ether oxygens (including phenoxy) is 2. The lowest BCUT2D eigenvalue weighted by atomic mass is 9.65. The predicted molar refractivity (Wildman–Crippen MR) is 105 cm³/mol. The smallest absolute Gasteiger partial charge is 0.319 e. The normalized spacial score (nSPS) is 22.1. The molecule has 1 amide bonds. The zero-order valence-corrected chi connectivity index (χ0v) is 15.9. The number of carbonyl (C=O) groups is 2. The Morgan fingerprint density at radius 3 is 2.83 bits per heavy atom. The number of esters is 1. The lowest BCUT2D eigenvalue weighted by molar-refractivity contribution is -0.147. The molecule has 3 heterocycles. The molecule has 2 aliphatic rings. The number of fused-ring (bicyclic) bond motifs is 4. The summed E-state index contributed by atoms with van der Waals surface area (Å²) in [6.07, 6.45) is 1.56. The van der Waals surface area contributed by atoms with Crippen LogP contribution in [0.1, 0.15) is 16.8 Å². The number of aromatic nitrogens is 1. The van der Waals surface area contributed by atoms with Crippen LogP contribution in [0.4, 0.5) is 5.69 Å². The van der Waals surface area contributed by atoms with Crippen LogP contribution in [0, 0.1) is 18.3 Å². The van der Waals surface area contributed by atoms with E-state index in [0.29, 0.717) is 16.9 Å². The highest BCUT2D eigenvalue weighted by Gasteiger charge is 2.65. The van der Waals surface area contributed by atoms with Crippen molar-refractivity contribution < 1.29 is 19.1 Å². The van der Waals surface area contributed by atoms with Crippen molar-refractivity contribution in [2.24, 2.45) is 5.92 Å². The molecule has 2 atom stereocenters. The number of pyridine rings is 1. The number of hydrogen-bond donors (Lipinski definition) is 2. The van der Waals surface area contributed by atoms with Crippen molar-refractivity contribution in [1.82, 2.24) is 4.98 Å². The Kier molecular flexibility index (Phi) is 4.15. The molecule has 29 heavy (non-hydrogen) atoms. The molecule has 8 nitrogen and oxygen atoms in total. The van der Waals surface area contributed by atoms with Crippen LogP contribution in [0.25, 0.3) is 0 Å². The van der Waals surface area contributed by atoms with Gasteiger partial charge in [-0.2, -0.15) is 0 Å². The fraction of sp³-hybridized carbons (Fsp3) is 0.238. The van der Waals surface area contributed by atoms with Gasteiger partial charge in [0.15, 0.2) is 5.92 Å². The van der Waals surface area contributed by atoms with Gasteiger partial charge in [0.05, 0.1) is 12.7 Å². The molecule has 4 rings (SSSR count). The number of aryl methyl sites for hydroxylation is 1. The van der Waals surface area contributed by atoms with Gasteiger partial charge < -0.3 is 19.4 Å². The molecule has 2 aliphatic heterocycles. The Balaban J connectivity index is 2.17. The van der Waals surface area contributed by atoms with E-state index in [2.05, 4.69) is 11.6 Å². The fourth-order valence-electron chi connectivity index (χ4n) is 4.34. The van der Waals surface area contributed by atoms with Crippen LogP contribution in [0.15, 0.2) is 47.8 Å². The van der Waals surface area contributed by atoms with Gasteiger partial charge in [-0.1, -0.05) is 24.3 Å². The van der Waals surface area contributed by atoms with Crippen molar-refractivity contribution in [3.8, 4) is 5.75 Å². The number of anilines is 1. The highest BCUT2D eigenvalue weighted by Crippen LogP contribution is 2.54. The maximum Gasteiger partial charge on any atom is 0.319 e. The molecule has 0 bridgehead atoms. The molecule has 2 aromatic rings. The minimum Gasteiger partial charge on any atom is -0.468 e. The highest BCUT2D eigenvalue weighted by atomic mass is 16.5. The molecular formula is C21H19N3O5. The summed E-state index contributed by atoms with van der Waals surface area (Å²) < 4.78 is 10.5. The number of amides is 1. The van der Waals surface area contributed by atoms with Crippen LogP contribution in [0.5, 0.6) is 5.75 Å². The Morgan fingerprint density at radius 2 is 2.14 bits per heavy atom. The summed E-state index contributed by atoms with van der Waals surface area (Å²) in [5, 5.41) is 8.41. The van der Waals surface area contributed by atoms with E-state index in [0.717, 1.165) is 0 Å². The second-order valence-corrected chi connectivity index (χ2v) is 6.97. The topological polar surface area (TPSA) is 113 Å². The lowest BCUT2D eigenvalue weighted by Crippen LogP contribution is -2.58. The second kappa shape index (κ2) is 6.44. The van der Waals surface area contributed by atoms with Gasteiger partial charge in [-0.25, -0.2) is 0 Å². The Morgan fingerprint density at radius 1 is 1.41 bits per heavy atom. The first kappa shape index (κ1) is 18.7. The summed E-state index contributed by atoms with van der Waals surface area (Å²) in [6.45, 7) is 5.55. The minimum atomic E-state index is -1.77. The molecule has 2 N–H and O–H groups in total. The van der Waals surface area contributed by atoms with E-state index < -0.39 is 34.7 Å². The summed E-state index contributed by atoms with van der Waals surface area (Å²) in [5.41, 5.74) is -0.810. The summed E-state index contributed by atoms with van der Waals surface area (Å²) in [4.78, 5) is 43.9. The van der Waals surface area contributed by atoms with Crippen molar-refractivity contribution in [3.05, 3.63) is 70.2 Å². The van der Waals surface area contributed by atoms with Gasteiger partial charge in [0.1, 0.15) is 11.2 Å². The maximum atomic E-state index is 13.9. The van der Waals surface area contributed by atoms with Gasteiger partial charge in [0.2, 0.25) is 11.8 Å². The van der Waals surface area contributed by atoms with E-state index in [4.69, 9.17) is 14.9 Å². The van der Waals surface area contributed by atoms with Crippen molar-refractivity contribution in [1.29, 1.82) is 5.41 Å². The van der Waals surface area contributed by atoms with E-state index in [9.17, 15) is 14.4 Å². The van der Waals surface area contributed by atoms with Gasteiger partial charge in [-0.05, 0) is 18.6 Å². The van der Waals surface area contributed by atoms with Gasteiger partial charge in [-0.15, -0.1) is 6.58 Å². The Bertz CT molecular complexity index is 1140. The molecule has 148 valence electrons. The molecule has 1 spiro atoms. The zero-order chi connectivity index (χ0) is 20.9. The molecule has 2 unspecified atom stereocenters. The third kappa shape index (κ3) is 2.32. The molecule has 0 saturated carbocycles. The maximum absolute atomic E-state index is 13.9. The average molecular weight is 393 g/mol. The summed E-state index contributed by atoms with van der Waals surface area (Å²) in [6, 6.07) is 8.46. The molecule has 1 aromatic heterocycles. The van der Waals surface area contributed by atoms with Crippen molar-refractivity contribution in [2.45, 2.75) is 12.3 Å². The molecule has 0 radical (unpaired) electrons. The van der Waals surface area contributed by atoms with Crippen LogP contribution in [0.3, 0.4) is 0 Å². The number of nitrogens with one attached hydrogen (secondary N) is 2. The van der Waals surface area contributed by atoms with Crippen molar-refractivity contribution >= 4 is 23.5 Å². The summed E-state index contributed by atoms with van der Waals surface area (Å²) in [7, 11) is 1.17. The second-order valence-electron chi connectivity index (χ2n) is 6.97. The fourth-order valence-corrected chi connectivity index (χ4v) is 4.34. The van der Waals surface area contributed by atoms with E-state index in [1.165, 1.54) is 12.0 Å². The van der Waals surface area contributed by atoms with Gasteiger partial charge in [0.25, 0.3) is 5.56 Å². The predicted octanol–water partition coefficient (Wildman–Crippen LogP) is 1.66. The van der Waals surface area contributed by atoms with Crippen molar-refractivity contribution in [2.75, 3.05) is 18.6 Å². The zero-order valence-electron chi connectivity index (χ0n) is 15.9. The van der Waals surface area contributed by atoms with E-state index in [1.54, 1.807) is 43.3 Å². The van der Waals surface area contributed by atoms with E-state index in [-0.39, 0.29) is 17.9 Å².